The maximum absolute atomic E-state index is 5.12. The Kier molecular flexibility index (Phi) is 5.19. The average Bonchev–Trinajstić information content (AvgIpc) is 3.73. The summed E-state index contributed by atoms with van der Waals surface area (Å²) in [5, 5.41) is 3.89. The van der Waals surface area contributed by atoms with Crippen molar-refractivity contribution in [3.05, 3.63) is 109 Å². The van der Waals surface area contributed by atoms with E-state index in [0.717, 1.165) is 60.5 Å². The maximum atomic E-state index is 5.12. The van der Waals surface area contributed by atoms with Crippen LogP contribution in [-0.4, -0.2) is 24.9 Å². The number of hydrogen-bond donors (Lipinski definition) is 0. The molecule has 3 heterocycles. The molecule has 197 valence electrons. The van der Waals surface area contributed by atoms with Crippen LogP contribution in [0.1, 0.15) is 0 Å². The standard InChI is InChI=1S/C34H17N6.Cu/c1-3-11-21-19(9-1)27-17-29(21)36-31-23-13-5-7-15-25(23)33(38-31)40-34-26-16-8-6-14-24(26)32(39-34)37-30-18-28(35-27)20-10-2-4-12-22(20)30;/h1-17H;/q-3;. The van der Waals surface area contributed by atoms with Gasteiger partial charge in [-0.05, 0) is 21.8 Å². The van der Waals surface area contributed by atoms with Gasteiger partial charge in [0.05, 0.1) is 5.82 Å². The third-order valence-corrected chi connectivity index (χ3v) is 7.56. The molecule has 9 rings (SSSR count). The fraction of sp³-hybridized carbons (Fsp3) is 0. The van der Waals surface area contributed by atoms with Crippen LogP contribution in [-0.2, 0) is 17.1 Å². The first-order valence-electron chi connectivity index (χ1n) is 13.1. The van der Waals surface area contributed by atoms with Gasteiger partial charge in [-0.2, -0.15) is 5.56 Å². The minimum absolute atomic E-state index is 0. The second-order valence-corrected chi connectivity index (χ2v) is 9.88. The molecule has 0 fully saturated rings. The summed E-state index contributed by atoms with van der Waals surface area (Å²) in [4.78, 5) is 30.0. The van der Waals surface area contributed by atoms with Crippen molar-refractivity contribution in [3.63, 3.8) is 0 Å². The van der Waals surface area contributed by atoms with Gasteiger partial charge in [-0.15, -0.1) is 58.4 Å². The van der Waals surface area contributed by atoms with E-state index in [9.17, 15) is 0 Å². The molecule has 0 saturated heterocycles. The molecule has 41 heavy (non-hydrogen) atoms. The summed E-state index contributed by atoms with van der Waals surface area (Å²) in [6, 6.07) is 38.0. The summed E-state index contributed by atoms with van der Waals surface area (Å²) >= 11 is 0. The van der Waals surface area contributed by atoms with Crippen molar-refractivity contribution in [2.24, 2.45) is 0 Å². The predicted octanol–water partition coefficient (Wildman–Crippen LogP) is 7.29. The Morgan fingerprint density at radius 3 is 1.56 bits per heavy atom. The van der Waals surface area contributed by atoms with Crippen molar-refractivity contribution >= 4 is 43.9 Å². The van der Waals surface area contributed by atoms with Crippen LogP contribution in [0.4, 0.5) is 0 Å². The Balaban J connectivity index is 0.00000256. The van der Waals surface area contributed by atoms with Crippen molar-refractivity contribution in [2.75, 3.05) is 0 Å². The van der Waals surface area contributed by atoms with E-state index >= 15 is 0 Å². The van der Waals surface area contributed by atoms with Gasteiger partial charge in [0.1, 0.15) is 0 Å². The zero-order chi connectivity index (χ0) is 26.2. The average molecular weight is 573 g/mol. The van der Waals surface area contributed by atoms with Crippen molar-refractivity contribution in [2.45, 2.75) is 0 Å². The Hall–Kier alpha value is -5.10. The predicted molar refractivity (Wildman–Crippen MR) is 157 cm³/mol. The van der Waals surface area contributed by atoms with Gasteiger partial charge >= 0.3 is 0 Å². The van der Waals surface area contributed by atoms with Crippen LogP contribution < -0.4 is 4.98 Å². The molecule has 1 radical (unpaired) electrons. The van der Waals surface area contributed by atoms with E-state index < -0.39 is 0 Å². The number of aromatic nitrogens is 6. The molecule has 2 aromatic heterocycles. The minimum Gasteiger partial charge on any atom is -0.388 e. The van der Waals surface area contributed by atoms with Crippen LogP contribution >= 0.6 is 0 Å². The van der Waals surface area contributed by atoms with Gasteiger partial charge in [0, 0.05) is 39.5 Å². The van der Waals surface area contributed by atoms with Gasteiger partial charge in [0.25, 0.3) is 0 Å². The van der Waals surface area contributed by atoms with E-state index in [1.165, 1.54) is 0 Å². The quantitative estimate of drug-likeness (QED) is 0.140. The molecule has 5 aromatic carbocycles. The Labute approximate surface area is 244 Å². The molecule has 2 aliphatic rings. The number of rotatable bonds is 0. The summed E-state index contributed by atoms with van der Waals surface area (Å²) < 4.78 is 0. The summed E-state index contributed by atoms with van der Waals surface area (Å²) in [7, 11) is 0. The van der Waals surface area contributed by atoms with Crippen molar-refractivity contribution in [3.8, 4) is 45.3 Å². The first-order chi connectivity index (χ1) is 19.8. The molecule has 0 unspecified atom stereocenters. The van der Waals surface area contributed by atoms with Crippen LogP contribution in [0, 0.1) is 6.07 Å². The van der Waals surface area contributed by atoms with E-state index in [2.05, 4.69) is 30.3 Å². The second kappa shape index (κ2) is 8.96. The van der Waals surface area contributed by atoms with E-state index in [-0.39, 0.29) is 17.1 Å². The normalized spacial score (nSPS) is 11.7. The van der Waals surface area contributed by atoms with Gasteiger partial charge in [-0.1, -0.05) is 78.5 Å². The molecule has 0 N–H and O–H groups in total. The number of fused-ring (bicyclic) bond motifs is 20. The molecule has 7 heteroatoms. The van der Waals surface area contributed by atoms with Gasteiger partial charge in [-0.25, -0.2) is 4.98 Å². The van der Waals surface area contributed by atoms with Crippen LogP contribution in [0.15, 0.2) is 103 Å². The van der Waals surface area contributed by atoms with Gasteiger partial charge in [-0.3, -0.25) is 4.98 Å². The minimum atomic E-state index is 0. The fourth-order valence-electron chi connectivity index (χ4n) is 5.69. The second-order valence-electron chi connectivity index (χ2n) is 9.88. The topological polar surface area (TPSA) is 78.5 Å². The first kappa shape index (κ1) is 23.8. The maximum Gasteiger partial charge on any atom is 0.159 e. The SMILES string of the molecule is [Cu].[c-]1c2nc3[cH-]c(nc4nc(nc5[n-]c(nc1-c1ccccc1-2)c1ccccc51)-c1ccccc1-4)c1ccccc31. The van der Waals surface area contributed by atoms with Gasteiger partial charge in [0.15, 0.2) is 5.82 Å². The van der Waals surface area contributed by atoms with Crippen LogP contribution in [0.2, 0.25) is 0 Å². The monoisotopic (exact) mass is 572 g/mol. The smallest absolute Gasteiger partial charge is 0.159 e. The van der Waals surface area contributed by atoms with Crippen molar-refractivity contribution in [1.82, 2.24) is 29.9 Å². The van der Waals surface area contributed by atoms with Crippen molar-refractivity contribution < 1.29 is 17.1 Å². The van der Waals surface area contributed by atoms with E-state index in [0.29, 0.717) is 28.6 Å². The van der Waals surface area contributed by atoms with Gasteiger partial charge in [0.2, 0.25) is 0 Å². The van der Waals surface area contributed by atoms with E-state index in [1.54, 1.807) is 0 Å². The summed E-state index contributed by atoms with van der Waals surface area (Å²) in [6.45, 7) is 0. The molecule has 7 aromatic rings. The molecule has 0 amide bonds. The molecule has 8 bridgehead atoms. The van der Waals surface area contributed by atoms with Crippen LogP contribution in [0.5, 0.6) is 0 Å². The molecular weight excluding hydrogens is 556 g/mol. The zero-order valence-electron chi connectivity index (χ0n) is 21.3. The molecular formula is C34H17CuN6-3. The van der Waals surface area contributed by atoms with Crippen LogP contribution in [0.3, 0.4) is 0 Å². The summed E-state index contributed by atoms with van der Waals surface area (Å²) in [5.41, 5.74) is 8.11. The Morgan fingerprint density at radius 2 is 0.927 bits per heavy atom. The fourth-order valence-corrected chi connectivity index (χ4v) is 5.69. The Bertz CT molecular complexity index is 2030. The first-order valence-corrected chi connectivity index (χ1v) is 13.1. The van der Waals surface area contributed by atoms with E-state index in [1.807, 2.05) is 78.9 Å². The number of nitrogens with zero attached hydrogens (tertiary/aromatic N) is 6. The molecule has 6 nitrogen and oxygen atoms in total. The molecule has 1 aliphatic heterocycles. The number of hydrogen-bond acceptors (Lipinski definition) is 5. The third kappa shape index (κ3) is 3.57. The number of benzene rings is 4. The largest absolute Gasteiger partial charge is 0.388 e. The molecule has 0 spiro atoms. The summed E-state index contributed by atoms with van der Waals surface area (Å²) in [5.74, 6) is 1.21. The van der Waals surface area contributed by atoms with Crippen molar-refractivity contribution in [1.29, 1.82) is 0 Å². The van der Waals surface area contributed by atoms with Crippen LogP contribution in [0.25, 0.3) is 89.2 Å². The van der Waals surface area contributed by atoms with Gasteiger partial charge < -0.3 is 19.9 Å². The third-order valence-electron chi connectivity index (χ3n) is 7.56. The molecule has 1 aliphatic carbocycles. The molecule has 0 saturated carbocycles. The zero-order valence-corrected chi connectivity index (χ0v) is 22.2. The summed E-state index contributed by atoms with van der Waals surface area (Å²) in [6.07, 6.45) is 0. The molecule has 0 atom stereocenters. The Morgan fingerprint density at radius 1 is 0.463 bits per heavy atom. The van der Waals surface area contributed by atoms with E-state index in [4.69, 9.17) is 29.9 Å².